The highest BCUT2D eigenvalue weighted by molar-refractivity contribution is 6.16. The van der Waals surface area contributed by atoms with Crippen LogP contribution >= 0.6 is 11.6 Å². The number of pyridine rings is 1. The number of alkyl halides is 1. The predicted molar refractivity (Wildman–Crippen MR) is 79.5 cm³/mol. The largest absolute Gasteiger partial charge is 0.440 e. The average Bonchev–Trinajstić information content (AvgIpc) is 2.89. The Kier molecular flexibility index (Phi) is 3.52. The van der Waals surface area contributed by atoms with Gasteiger partial charge in [0.1, 0.15) is 5.76 Å². The Bertz CT molecular complexity index is 722. The molecule has 3 nitrogen and oxygen atoms in total. The smallest absolute Gasteiger partial charge is 0.226 e. The van der Waals surface area contributed by atoms with E-state index in [1.54, 1.807) is 6.20 Å². The number of aromatic nitrogens is 2. The second-order valence-electron chi connectivity index (χ2n) is 4.48. The summed E-state index contributed by atoms with van der Waals surface area (Å²) in [7, 11) is 0. The van der Waals surface area contributed by atoms with E-state index in [1.165, 1.54) is 0 Å². The van der Waals surface area contributed by atoms with Crippen LogP contribution in [0, 0.1) is 6.92 Å². The van der Waals surface area contributed by atoms with E-state index in [-0.39, 0.29) is 0 Å². The standard InChI is InChI=1S/C16H13ClN2O/c1-11-15(9-17)20-16(19-11)13-5-2-4-12(8-13)14-6-3-7-18-10-14/h2-8,10H,9H2,1H3. The Morgan fingerprint density at radius 3 is 2.60 bits per heavy atom. The number of hydrogen-bond donors (Lipinski definition) is 0. The molecule has 20 heavy (non-hydrogen) atoms. The number of halogens is 1. The molecular formula is C16H13ClN2O. The normalized spacial score (nSPS) is 10.7. The molecule has 0 radical (unpaired) electrons. The van der Waals surface area contributed by atoms with Gasteiger partial charge in [0.15, 0.2) is 0 Å². The zero-order valence-electron chi connectivity index (χ0n) is 11.0. The van der Waals surface area contributed by atoms with Crippen LogP contribution in [0.1, 0.15) is 11.5 Å². The number of benzene rings is 1. The first-order valence-electron chi connectivity index (χ1n) is 6.31. The molecule has 2 heterocycles. The van der Waals surface area contributed by atoms with Crippen molar-refractivity contribution in [1.82, 2.24) is 9.97 Å². The quantitative estimate of drug-likeness (QED) is 0.667. The van der Waals surface area contributed by atoms with Gasteiger partial charge in [0, 0.05) is 23.5 Å². The van der Waals surface area contributed by atoms with Crippen molar-refractivity contribution < 1.29 is 4.42 Å². The Hall–Kier alpha value is -2.13. The fraction of sp³-hybridized carbons (Fsp3) is 0.125. The number of hydrogen-bond acceptors (Lipinski definition) is 3. The van der Waals surface area contributed by atoms with E-state index in [9.17, 15) is 0 Å². The summed E-state index contributed by atoms with van der Waals surface area (Å²) in [5.41, 5.74) is 3.92. The molecule has 0 fully saturated rings. The Morgan fingerprint density at radius 2 is 1.90 bits per heavy atom. The van der Waals surface area contributed by atoms with Gasteiger partial charge in [-0.1, -0.05) is 18.2 Å². The predicted octanol–water partition coefficient (Wildman–Crippen LogP) is 4.45. The Morgan fingerprint density at radius 1 is 1.10 bits per heavy atom. The molecule has 0 saturated carbocycles. The van der Waals surface area contributed by atoms with E-state index in [1.807, 2.05) is 49.5 Å². The van der Waals surface area contributed by atoms with Crippen molar-refractivity contribution in [3.8, 4) is 22.6 Å². The third-order valence-corrected chi connectivity index (χ3v) is 3.36. The summed E-state index contributed by atoms with van der Waals surface area (Å²) in [6.07, 6.45) is 3.60. The summed E-state index contributed by atoms with van der Waals surface area (Å²) in [5, 5.41) is 0. The van der Waals surface area contributed by atoms with Crippen LogP contribution in [0.2, 0.25) is 0 Å². The molecule has 0 aliphatic heterocycles. The molecular weight excluding hydrogens is 272 g/mol. The number of oxazole rings is 1. The second kappa shape index (κ2) is 5.47. The van der Waals surface area contributed by atoms with Gasteiger partial charge in [-0.15, -0.1) is 11.6 Å². The molecule has 3 rings (SSSR count). The van der Waals surface area contributed by atoms with Crippen LogP contribution < -0.4 is 0 Å². The van der Waals surface area contributed by atoms with Crippen LogP contribution in [0.3, 0.4) is 0 Å². The van der Waals surface area contributed by atoms with E-state index in [2.05, 4.69) is 9.97 Å². The SMILES string of the molecule is Cc1nc(-c2cccc(-c3cccnc3)c2)oc1CCl. The van der Waals surface area contributed by atoms with E-state index >= 15 is 0 Å². The van der Waals surface area contributed by atoms with Crippen molar-refractivity contribution in [3.05, 3.63) is 60.2 Å². The lowest BCUT2D eigenvalue weighted by Crippen LogP contribution is -1.82. The van der Waals surface area contributed by atoms with Crippen molar-refractivity contribution in [2.75, 3.05) is 0 Å². The van der Waals surface area contributed by atoms with Gasteiger partial charge >= 0.3 is 0 Å². The third kappa shape index (κ3) is 2.45. The minimum atomic E-state index is 0.334. The highest BCUT2D eigenvalue weighted by Gasteiger charge is 2.11. The molecule has 0 aliphatic carbocycles. The van der Waals surface area contributed by atoms with Crippen molar-refractivity contribution in [1.29, 1.82) is 0 Å². The van der Waals surface area contributed by atoms with Gasteiger partial charge in [-0.3, -0.25) is 4.98 Å². The minimum absolute atomic E-state index is 0.334. The van der Waals surface area contributed by atoms with Gasteiger partial charge < -0.3 is 4.42 Å². The van der Waals surface area contributed by atoms with Gasteiger partial charge in [-0.25, -0.2) is 4.98 Å². The summed E-state index contributed by atoms with van der Waals surface area (Å²) >= 11 is 5.82. The van der Waals surface area contributed by atoms with Crippen LogP contribution in [-0.4, -0.2) is 9.97 Å². The highest BCUT2D eigenvalue weighted by atomic mass is 35.5. The third-order valence-electron chi connectivity index (χ3n) is 3.12. The lowest BCUT2D eigenvalue weighted by atomic mass is 10.0. The molecule has 0 aliphatic rings. The maximum atomic E-state index is 5.82. The molecule has 0 N–H and O–H groups in total. The van der Waals surface area contributed by atoms with Crippen molar-refractivity contribution in [3.63, 3.8) is 0 Å². The molecule has 0 amide bonds. The van der Waals surface area contributed by atoms with Crippen molar-refractivity contribution in [2.24, 2.45) is 0 Å². The first-order chi connectivity index (χ1) is 9.78. The summed E-state index contributed by atoms with van der Waals surface area (Å²) in [6, 6.07) is 12.0. The second-order valence-corrected chi connectivity index (χ2v) is 4.75. The van der Waals surface area contributed by atoms with Gasteiger partial charge in [0.2, 0.25) is 5.89 Å². The summed E-state index contributed by atoms with van der Waals surface area (Å²) in [5.74, 6) is 1.65. The van der Waals surface area contributed by atoms with E-state index in [0.29, 0.717) is 17.5 Å². The lowest BCUT2D eigenvalue weighted by Gasteiger charge is -2.02. The van der Waals surface area contributed by atoms with Crippen molar-refractivity contribution >= 4 is 11.6 Å². The average molecular weight is 285 g/mol. The summed E-state index contributed by atoms with van der Waals surface area (Å²) in [4.78, 5) is 8.56. The Labute approximate surface area is 122 Å². The van der Waals surface area contributed by atoms with Crippen LogP contribution in [-0.2, 0) is 5.88 Å². The molecule has 0 saturated heterocycles. The van der Waals surface area contributed by atoms with Gasteiger partial charge in [-0.05, 0) is 30.7 Å². The summed E-state index contributed by atoms with van der Waals surface area (Å²) < 4.78 is 5.68. The molecule has 3 aromatic rings. The molecule has 2 aromatic heterocycles. The first kappa shape index (κ1) is 12.9. The monoisotopic (exact) mass is 284 g/mol. The van der Waals surface area contributed by atoms with E-state index < -0.39 is 0 Å². The maximum absolute atomic E-state index is 5.82. The fourth-order valence-electron chi connectivity index (χ4n) is 2.04. The van der Waals surface area contributed by atoms with Crippen molar-refractivity contribution in [2.45, 2.75) is 12.8 Å². The van der Waals surface area contributed by atoms with Gasteiger partial charge in [0.05, 0.1) is 11.6 Å². The van der Waals surface area contributed by atoms with Gasteiger partial charge in [0.25, 0.3) is 0 Å². The highest BCUT2D eigenvalue weighted by Crippen LogP contribution is 2.27. The van der Waals surface area contributed by atoms with Crippen LogP contribution in [0.4, 0.5) is 0 Å². The molecule has 1 aromatic carbocycles. The molecule has 0 atom stereocenters. The van der Waals surface area contributed by atoms with Crippen LogP contribution in [0.5, 0.6) is 0 Å². The number of nitrogens with zero attached hydrogens (tertiary/aromatic N) is 2. The molecule has 4 heteroatoms. The first-order valence-corrected chi connectivity index (χ1v) is 6.84. The molecule has 0 spiro atoms. The van der Waals surface area contributed by atoms with E-state index in [4.69, 9.17) is 16.0 Å². The van der Waals surface area contributed by atoms with E-state index in [0.717, 1.165) is 22.4 Å². The number of rotatable bonds is 3. The fourth-order valence-corrected chi connectivity index (χ4v) is 2.29. The maximum Gasteiger partial charge on any atom is 0.226 e. The molecule has 0 unspecified atom stereocenters. The van der Waals surface area contributed by atoms with Crippen LogP contribution in [0.25, 0.3) is 22.6 Å². The molecule has 100 valence electrons. The zero-order chi connectivity index (χ0) is 13.9. The number of aryl methyl sites for hydroxylation is 1. The Balaban J connectivity index is 2.03. The topological polar surface area (TPSA) is 38.9 Å². The molecule has 0 bridgehead atoms. The van der Waals surface area contributed by atoms with Crippen LogP contribution in [0.15, 0.2) is 53.2 Å². The summed E-state index contributed by atoms with van der Waals surface area (Å²) in [6.45, 7) is 1.90. The minimum Gasteiger partial charge on any atom is -0.440 e. The van der Waals surface area contributed by atoms with Gasteiger partial charge in [-0.2, -0.15) is 0 Å². The zero-order valence-corrected chi connectivity index (χ0v) is 11.8. The lowest BCUT2D eigenvalue weighted by molar-refractivity contribution is 0.536.